The third kappa shape index (κ3) is 3.55. The van der Waals surface area contributed by atoms with Crippen LogP contribution in [0.5, 0.6) is 0 Å². The summed E-state index contributed by atoms with van der Waals surface area (Å²) in [5.74, 6) is -0.0763. The number of nitrogens with zero attached hydrogens (tertiary/aromatic N) is 2. The van der Waals surface area contributed by atoms with Crippen molar-refractivity contribution < 1.29 is 4.39 Å². The summed E-state index contributed by atoms with van der Waals surface area (Å²) in [4.78, 5) is 4.65. The van der Waals surface area contributed by atoms with E-state index in [2.05, 4.69) is 35.3 Å². The molecule has 1 aliphatic carbocycles. The van der Waals surface area contributed by atoms with E-state index in [1.807, 2.05) is 6.07 Å². The minimum absolute atomic E-state index is 0.0763. The van der Waals surface area contributed by atoms with Crippen LogP contribution in [0, 0.1) is 5.82 Å². The van der Waals surface area contributed by atoms with Crippen molar-refractivity contribution in [3.63, 3.8) is 0 Å². The molecule has 3 rings (SSSR count). The Labute approximate surface area is 127 Å². The molecule has 0 spiro atoms. The number of anilines is 1. The molecular formula is C17H26FN3. The van der Waals surface area contributed by atoms with Gasteiger partial charge in [-0.3, -0.25) is 0 Å². The molecule has 1 saturated heterocycles. The normalized spacial score (nSPS) is 22.9. The SMILES string of the molecule is CN(C)C1CCCN(c2cccc(F)c2CNC2CC2)C1. The maximum atomic E-state index is 14.3. The molecule has 1 atom stereocenters. The Balaban J connectivity index is 1.77. The van der Waals surface area contributed by atoms with Gasteiger partial charge in [0.2, 0.25) is 0 Å². The summed E-state index contributed by atoms with van der Waals surface area (Å²) in [6, 6.07) is 6.66. The number of rotatable bonds is 5. The fraction of sp³-hybridized carbons (Fsp3) is 0.647. The Hall–Kier alpha value is -1.13. The van der Waals surface area contributed by atoms with Gasteiger partial charge >= 0.3 is 0 Å². The number of piperidine rings is 1. The fourth-order valence-corrected chi connectivity index (χ4v) is 3.15. The summed E-state index contributed by atoms with van der Waals surface area (Å²) >= 11 is 0. The second kappa shape index (κ2) is 6.32. The standard InChI is InChI=1S/C17H26FN3/c1-20(2)14-5-4-10-21(12-14)17-7-3-6-16(18)15(17)11-19-13-8-9-13/h3,6-7,13-14,19H,4-5,8-12H2,1-2H3. The quantitative estimate of drug-likeness (QED) is 0.899. The van der Waals surface area contributed by atoms with Crippen LogP contribution in [-0.4, -0.2) is 44.2 Å². The molecule has 2 aliphatic rings. The maximum absolute atomic E-state index is 14.3. The molecule has 21 heavy (non-hydrogen) atoms. The number of nitrogens with one attached hydrogen (secondary N) is 1. The van der Waals surface area contributed by atoms with Gasteiger partial charge in [-0.15, -0.1) is 0 Å². The van der Waals surface area contributed by atoms with Gasteiger partial charge in [-0.1, -0.05) is 6.07 Å². The van der Waals surface area contributed by atoms with E-state index in [9.17, 15) is 4.39 Å². The van der Waals surface area contributed by atoms with Gasteiger partial charge in [0.1, 0.15) is 5.82 Å². The highest BCUT2D eigenvalue weighted by atomic mass is 19.1. The molecule has 0 amide bonds. The van der Waals surface area contributed by atoms with E-state index in [0.717, 1.165) is 24.3 Å². The lowest BCUT2D eigenvalue weighted by molar-refractivity contribution is 0.258. The van der Waals surface area contributed by atoms with E-state index in [0.29, 0.717) is 18.6 Å². The molecule has 1 aromatic rings. The van der Waals surface area contributed by atoms with Gasteiger partial charge in [0.25, 0.3) is 0 Å². The molecule has 0 aromatic heterocycles. The lowest BCUT2D eigenvalue weighted by atomic mass is 10.0. The van der Waals surface area contributed by atoms with Gasteiger partial charge in [0, 0.05) is 43.0 Å². The van der Waals surface area contributed by atoms with Crippen LogP contribution < -0.4 is 10.2 Å². The molecule has 1 aliphatic heterocycles. The van der Waals surface area contributed by atoms with Crippen LogP contribution in [0.25, 0.3) is 0 Å². The van der Waals surface area contributed by atoms with Crippen LogP contribution in [-0.2, 0) is 6.54 Å². The molecule has 1 N–H and O–H groups in total. The minimum atomic E-state index is -0.0763. The average Bonchev–Trinajstić information content (AvgIpc) is 3.30. The molecule has 3 nitrogen and oxygen atoms in total. The maximum Gasteiger partial charge on any atom is 0.129 e. The molecule has 1 aromatic carbocycles. The summed E-state index contributed by atoms with van der Waals surface area (Å²) in [5, 5.41) is 3.45. The predicted octanol–water partition coefficient (Wildman–Crippen LogP) is 2.61. The molecular weight excluding hydrogens is 265 g/mol. The van der Waals surface area contributed by atoms with Crippen molar-refractivity contribution in [2.45, 2.75) is 44.3 Å². The van der Waals surface area contributed by atoms with Gasteiger partial charge in [-0.05, 0) is 51.9 Å². The van der Waals surface area contributed by atoms with Crippen LogP contribution in [0.1, 0.15) is 31.2 Å². The molecule has 0 bridgehead atoms. The average molecular weight is 291 g/mol. The number of hydrogen-bond acceptors (Lipinski definition) is 3. The summed E-state index contributed by atoms with van der Waals surface area (Å²) < 4.78 is 14.3. The highest BCUT2D eigenvalue weighted by Crippen LogP contribution is 2.28. The molecule has 1 saturated carbocycles. The predicted molar refractivity (Wildman–Crippen MR) is 85.2 cm³/mol. The van der Waals surface area contributed by atoms with Gasteiger partial charge < -0.3 is 15.1 Å². The summed E-state index contributed by atoms with van der Waals surface area (Å²) in [5.41, 5.74) is 1.92. The van der Waals surface area contributed by atoms with Crippen LogP contribution in [0.4, 0.5) is 10.1 Å². The number of halogens is 1. The van der Waals surface area contributed by atoms with Crippen molar-refractivity contribution >= 4 is 5.69 Å². The van der Waals surface area contributed by atoms with Gasteiger partial charge in [0.15, 0.2) is 0 Å². The molecule has 116 valence electrons. The van der Waals surface area contributed by atoms with E-state index in [1.54, 1.807) is 6.07 Å². The van der Waals surface area contributed by atoms with Gasteiger partial charge in [-0.25, -0.2) is 4.39 Å². The van der Waals surface area contributed by atoms with Crippen molar-refractivity contribution in [1.29, 1.82) is 0 Å². The first-order valence-corrected chi connectivity index (χ1v) is 8.07. The van der Waals surface area contributed by atoms with Crippen LogP contribution in [0.2, 0.25) is 0 Å². The van der Waals surface area contributed by atoms with Crippen LogP contribution >= 0.6 is 0 Å². The van der Waals surface area contributed by atoms with Crippen LogP contribution in [0.15, 0.2) is 18.2 Å². The number of benzene rings is 1. The molecule has 1 unspecified atom stereocenters. The largest absolute Gasteiger partial charge is 0.370 e. The third-order valence-corrected chi connectivity index (χ3v) is 4.71. The lowest BCUT2D eigenvalue weighted by Gasteiger charge is -2.38. The van der Waals surface area contributed by atoms with Crippen molar-refractivity contribution in [2.24, 2.45) is 0 Å². The first-order chi connectivity index (χ1) is 10.1. The second-order valence-corrected chi connectivity index (χ2v) is 6.60. The smallest absolute Gasteiger partial charge is 0.129 e. The highest BCUT2D eigenvalue weighted by Gasteiger charge is 2.25. The number of likely N-dealkylation sites (N-methyl/N-ethyl adjacent to an activating group) is 1. The molecule has 2 fully saturated rings. The zero-order valence-corrected chi connectivity index (χ0v) is 13.1. The summed E-state index contributed by atoms with van der Waals surface area (Å²) in [7, 11) is 4.27. The monoisotopic (exact) mass is 291 g/mol. The zero-order chi connectivity index (χ0) is 14.8. The Morgan fingerprint density at radius 3 is 2.81 bits per heavy atom. The Kier molecular flexibility index (Phi) is 4.45. The van der Waals surface area contributed by atoms with Gasteiger partial charge in [-0.2, -0.15) is 0 Å². The van der Waals surface area contributed by atoms with E-state index < -0.39 is 0 Å². The van der Waals surface area contributed by atoms with E-state index in [4.69, 9.17) is 0 Å². The Bertz CT molecular complexity index is 485. The highest BCUT2D eigenvalue weighted by molar-refractivity contribution is 5.54. The van der Waals surface area contributed by atoms with E-state index >= 15 is 0 Å². The first-order valence-electron chi connectivity index (χ1n) is 8.07. The second-order valence-electron chi connectivity index (χ2n) is 6.60. The zero-order valence-electron chi connectivity index (χ0n) is 13.1. The van der Waals surface area contributed by atoms with Crippen molar-refractivity contribution in [1.82, 2.24) is 10.2 Å². The lowest BCUT2D eigenvalue weighted by Crippen LogP contribution is -2.45. The molecule has 4 heteroatoms. The third-order valence-electron chi connectivity index (χ3n) is 4.71. The van der Waals surface area contributed by atoms with Crippen molar-refractivity contribution in [3.05, 3.63) is 29.6 Å². The Morgan fingerprint density at radius 2 is 2.10 bits per heavy atom. The first kappa shape index (κ1) is 14.8. The van der Waals surface area contributed by atoms with E-state index in [1.165, 1.54) is 25.7 Å². The Morgan fingerprint density at radius 1 is 1.29 bits per heavy atom. The molecule has 1 heterocycles. The van der Waals surface area contributed by atoms with Crippen LogP contribution in [0.3, 0.4) is 0 Å². The molecule has 0 radical (unpaired) electrons. The van der Waals surface area contributed by atoms with Crippen molar-refractivity contribution in [2.75, 3.05) is 32.1 Å². The fourth-order valence-electron chi connectivity index (χ4n) is 3.15. The van der Waals surface area contributed by atoms with E-state index in [-0.39, 0.29) is 5.82 Å². The van der Waals surface area contributed by atoms with Crippen molar-refractivity contribution in [3.8, 4) is 0 Å². The number of hydrogen-bond donors (Lipinski definition) is 1. The summed E-state index contributed by atoms with van der Waals surface area (Å²) in [6.07, 6.45) is 4.87. The topological polar surface area (TPSA) is 18.5 Å². The van der Waals surface area contributed by atoms with Gasteiger partial charge in [0.05, 0.1) is 0 Å². The summed E-state index contributed by atoms with van der Waals surface area (Å²) in [6.45, 7) is 2.67. The minimum Gasteiger partial charge on any atom is -0.370 e.